The SMILES string of the molecule is CCC(C)(C#N)C(=O)Oc1ccc(-c2ccccc2)cc1. The third-order valence-electron chi connectivity index (χ3n) is 3.58. The van der Waals surface area contributed by atoms with E-state index in [-0.39, 0.29) is 0 Å². The van der Waals surface area contributed by atoms with Crippen LogP contribution in [-0.2, 0) is 4.79 Å². The van der Waals surface area contributed by atoms with E-state index in [4.69, 9.17) is 10.00 Å². The summed E-state index contributed by atoms with van der Waals surface area (Å²) in [5.74, 6) is -0.0606. The zero-order chi connectivity index (χ0) is 15.3. The summed E-state index contributed by atoms with van der Waals surface area (Å²) in [5, 5.41) is 9.08. The van der Waals surface area contributed by atoms with Crippen molar-refractivity contribution in [1.29, 1.82) is 5.26 Å². The summed E-state index contributed by atoms with van der Waals surface area (Å²) in [5.41, 5.74) is 1.05. The molecule has 0 bridgehead atoms. The average molecular weight is 279 g/mol. The van der Waals surface area contributed by atoms with E-state index >= 15 is 0 Å². The van der Waals surface area contributed by atoms with E-state index < -0.39 is 11.4 Å². The number of rotatable bonds is 4. The molecule has 0 amide bonds. The topological polar surface area (TPSA) is 50.1 Å². The van der Waals surface area contributed by atoms with Crippen LogP contribution in [0.15, 0.2) is 54.6 Å². The lowest BCUT2D eigenvalue weighted by atomic mass is 9.90. The van der Waals surface area contributed by atoms with Crippen LogP contribution in [0.2, 0.25) is 0 Å². The van der Waals surface area contributed by atoms with Crippen LogP contribution in [-0.4, -0.2) is 5.97 Å². The molecule has 0 aliphatic rings. The molecule has 2 aromatic carbocycles. The molecule has 0 spiro atoms. The number of hydrogen-bond donors (Lipinski definition) is 0. The molecule has 0 fully saturated rings. The smallest absolute Gasteiger partial charge is 0.331 e. The number of nitriles is 1. The van der Waals surface area contributed by atoms with Gasteiger partial charge in [0.05, 0.1) is 6.07 Å². The highest BCUT2D eigenvalue weighted by atomic mass is 16.5. The van der Waals surface area contributed by atoms with Gasteiger partial charge in [-0.25, -0.2) is 4.79 Å². The zero-order valence-electron chi connectivity index (χ0n) is 12.2. The standard InChI is InChI=1S/C18H17NO2/c1-3-18(2,13-19)17(20)21-16-11-9-15(10-12-16)14-7-5-4-6-8-14/h4-12H,3H2,1-2H3. The van der Waals surface area contributed by atoms with E-state index in [9.17, 15) is 4.79 Å². The van der Waals surface area contributed by atoms with E-state index in [1.54, 1.807) is 26.0 Å². The predicted octanol–water partition coefficient (Wildman–Crippen LogP) is 4.20. The Hall–Kier alpha value is -2.60. The Balaban J connectivity index is 2.14. The van der Waals surface area contributed by atoms with E-state index in [0.29, 0.717) is 12.2 Å². The van der Waals surface area contributed by atoms with Crippen LogP contribution in [0.3, 0.4) is 0 Å². The quantitative estimate of drug-likeness (QED) is 0.622. The minimum Gasteiger partial charge on any atom is -0.425 e. The lowest BCUT2D eigenvalue weighted by molar-refractivity contribution is -0.141. The largest absolute Gasteiger partial charge is 0.425 e. The summed E-state index contributed by atoms with van der Waals surface area (Å²) in [6.07, 6.45) is 0.421. The predicted molar refractivity (Wildman–Crippen MR) is 81.5 cm³/mol. The van der Waals surface area contributed by atoms with E-state index in [0.717, 1.165) is 11.1 Å². The second kappa shape index (κ2) is 6.23. The zero-order valence-corrected chi connectivity index (χ0v) is 12.2. The van der Waals surface area contributed by atoms with E-state index in [1.165, 1.54) is 0 Å². The van der Waals surface area contributed by atoms with Crippen molar-refractivity contribution < 1.29 is 9.53 Å². The van der Waals surface area contributed by atoms with Gasteiger partial charge in [-0.3, -0.25) is 0 Å². The van der Waals surface area contributed by atoms with Crippen molar-refractivity contribution in [3.63, 3.8) is 0 Å². The van der Waals surface area contributed by atoms with Gasteiger partial charge in [0.1, 0.15) is 5.75 Å². The highest BCUT2D eigenvalue weighted by Crippen LogP contribution is 2.26. The number of ether oxygens (including phenoxy) is 1. The number of nitrogens with zero attached hydrogens (tertiary/aromatic N) is 1. The summed E-state index contributed by atoms with van der Waals surface area (Å²) >= 11 is 0. The van der Waals surface area contributed by atoms with E-state index in [2.05, 4.69) is 0 Å². The van der Waals surface area contributed by atoms with Crippen molar-refractivity contribution in [2.45, 2.75) is 20.3 Å². The van der Waals surface area contributed by atoms with Crippen LogP contribution >= 0.6 is 0 Å². The molecule has 0 saturated heterocycles. The molecule has 2 rings (SSSR count). The molecule has 1 unspecified atom stereocenters. The van der Waals surface area contributed by atoms with Gasteiger partial charge >= 0.3 is 5.97 Å². The van der Waals surface area contributed by atoms with Gasteiger partial charge in [0.15, 0.2) is 5.41 Å². The third-order valence-corrected chi connectivity index (χ3v) is 3.58. The Morgan fingerprint density at radius 2 is 1.67 bits per heavy atom. The summed E-state index contributed by atoms with van der Waals surface area (Å²) in [7, 11) is 0. The Morgan fingerprint density at radius 1 is 1.10 bits per heavy atom. The lowest BCUT2D eigenvalue weighted by Crippen LogP contribution is -2.29. The number of esters is 1. The van der Waals surface area contributed by atoms with Crippen molar-refractivity contribution in [3.8, 4) is 22.9 Å². The second-order valence-electron chi connectivity index (χ2n) is 5.08. The normalized spacial score (nSPS) is 13.0. The molecule has 3 nitrogen and oxygen atoms in total. The first-order valence-electron chi connectivity index (χ1n) is 6.88. The van der Waals surface area contributed by atoms with Crippen molar-refractivity contribution >= 4 is 5.97 Å². The minimum atomic E-state index is -1.10. The number of carbonyl (C=O) groups is 1. The molecule has 0 aromatic heterocycles. The first-order chi connectivity index (χ1) is 10.1. The summed E-state index contributed by atoms with van der Waals surface area (Å²) in [6.45, 7) is 3.39. The Kier molecular flexibility index (Phi) is 4.39. The molecule has 0 heterocycles. The molecule has 106 valence electrons. The second-order valence-corrected chi connectivity index (χ2v) is 5.08. The molecule has 0 aliphatic carbocycles. The summed E-state index contributed by atoms with van der Waals surface area (Å²) in [6, 6.07) is 19.2. The summed E-state index contributed by atoms with van der Waals surface area (Å²) < 4.78 is 5.29. The Labute approximate surface area is 124 Å². The Morgan fingerprint density at radius 3 is 2.19 bits per heavy atom. The average Bonchev–Trinajstić information content (AvgIpc) is 2.55. The fourth-order valence-electron chi connectivity index (χ4n) is 1.83. The highest BCUT2D eigenvalue weighted by molar-refractivity contribution is 5.81. The van der Waals surface area contributed by atoms with Crippen molar-refractivity contribution in [3.05, 3.63) is 54.6 Å². The van der Waals surface area contributed by atoms with Crippen LogP contribution in [0.5, 0.6) is 5.75 Å². The van der Waals surface area contributed by atoms with Crippen molar-refractivity contribution in [1.82, 2.24) is 0 Å². The lowest BCUT2D eigenvalue weighted by Gasteiger charge is -2.17. The number of hydrogen-bond acceptors (Lipinski definition) is 3. The molecule has 2 aromatic rings. The first kappa shape index (κ1) is 14.8. The van der Waals surface area contributed by atoms with Crippen LogP contribution in [0.4, 0.5) is 0 Å². The van der Waals surface area contributed by atoms with Crippen molar-refractivity contribution in [2.75, 3.05) is 0 Å². The molecule has 1 atom stereocenters. The maximum Gasteiger partial charge on any atom is 0.331 e. The van der Waals surface area contributed by atoms with Crippen LogP contribution in [0.25, 0.3) is 11.1 Å². The molecule has 0 aliphatic heterocycles. The molecular weight excluding hydrogens is 262 g/mol. The molecule has 21 heavy (non-hydrogen) atoms. The molecule has 0 saturated carbocycles. The van der Waals surface area contributed by atoms with Crippen molar-refractivity contribution in [2.24, 2.45) is 5.41 Å². The molecule has 0 N–H and O–H groups in total. The van der Waals surface area contributed by atoms with Gasteiger partial charge in [0, 0.05) is 0 Å². The van der Waals surface area contributed by atoms with Crippen LogP contribution in [0, 0.1) is 16.7 Å². The third kappa shape index (κ3) is 3.29. The van der Waals surface area contributed by atoms with Gasteiger partial charge in [-0.2, -0.15) is 5.26 Å². The maximum absolute atomic E-state index is 12.0. The molecule has 3 heteroatoms. The van der Waals surface area contributed by atoms with Gasteiger partial charge in [-0.1, -0.05) is 49.4 Å². The highest BCUT2D eigenvalue weighted by Gasteiger charge is 2.33. The monoisotopic (exact) mass is 279 g/mol. The fourth-order valence-corrected chi connectivity index (χ4v) is 1.83. The maximum atomic E-state index is 12.0. The van der Waals surface area contributed by atoms with Gasteiger partial charge in [-0.05, 0) is 36.6 Å². The van der Waals surface area contributed by atoms with Gasteiger partial charge < -0.3 is 4.74 Å². The minimum absolute atomic E-state index is 0.421. The van der Waals surface area contributed by atoms with Gasteiger partial charge in [0.2, 0.25) is 0 Å². The molecule has 0 radical (unpaired) electrons. The van der Waals surface area contributed by atoms with Gasteiger partial charge in [-0.15, -0.1) is 0 Å². The van der Waals surface area contributed by atoms with Crippen LogP contribution in [0.1, 0.15) is 20.3 Å². The fraction of sp³-hybridized carbons (Fsp3) is 0.222. The number of benzene rings is 2. The first-order valence-corrected chi connectivity index (χ1v) is 6.88. The Bertz CT molecular complexity index is 656. The summed E-state index contributed by atoms with van der Waals surface area (Å²) in [4.78, 5) is 12.0. The van der Waals surface area contributed by atoms with E-state index in [1.807, 2.05) is 48.5 Å². The van der Waals surface area contributed by atoms with Gasteiger partial charge in [0.25, 0.3) is 0 Å². The van der Waals surface area contributed by atoms with Crippen LogP contribution < -0.4 is 4.74 Å². The molecular formula is C18H17NO2. The number of carbonyl (C=O) groups excluding carboxylic acids is 1.